The van der Waals surface area contributed by atoms with Crippen LogP contribution in [-0.2, 0) is 5.60 Å². The summed E-state index contributed by atoms with van der Waals surface area (Å²) in [4.78, 5) is 4.32. The van der Waals surface area contributed by atoms with E-state index in [0.717, 1.165) is 35.7 Å². The molecule has 1 aliphatic carbocycles. The van der Waals surface area contributed by atoms with Gasteiger partial charge in [-0.25, -0.2) is 0 Å². The number of fused-ring (bicyclic) bond motifs is 1. The van der Waals surface area contributed by atoms with Gasteiger partial charge in [-0.2, -0.15) is 0 Å². The first-order valence-corrected chi connectivity index (χ1v) is 6.75. The smallest absolute Gasteiger partial charge is 0.0899 e. The number of aliphatic hydroxyl groups is 1. The highest BCUT2D eigenvalue weighted by Gasteiger charge is 2.34. The number of hydrogen-bond donors (Lipinski definition) is 1. The van der Waals surface area contributed by atoms with E-state index >= 15 is 0 Å². The van der Waals surface area contributed by atoms with E-state index in [2.05, 4.69) is 24.0 Å². The molecule has 0 radical (unpaired) electrons. The Morgan fingerprint density at radius 2 is 2.22 bits per heavy atom. The van der Waals surface area contributed by atoms with Gasteiger partial charge in [0.2, 0.25) is 0 Å². The molecule has 0 saturated heterocycles. The first-order valence-electron chi connectivity index (χ1n) is 6.75. The van der Waals surface area contributed by atoms with Crippen LogP contribution in [0.4, 0.5) is 0 Å². The zero-order valence-electron chi connectivity index (χ0n) is 10.8. The van der Waals surface area contributed by atoms with Crippen molar-refractivity contribution >= 4 is 10.9 Å². The highest BCUT2D eigenvalue weighted by atomic mass is 16.3. The number of nitrogens with zero attached hydrogens (tertiary/aromatic N) is 1. The van der Waals surface area contributed by atoms with Gasteiger partial charge in [0, 0.05) is 11.6 Å². The van der Waals surface area contributed by atoms with Crippen molar-refractivity contribution in [2.24, 2.45) is 5.92 Å². The Morgan fingerprint density at radius 3 is 3.06 bits per heavy atom. The van der Waals surface area contributed by atoms with Gasteiger partial charge in [-0.15, -0.1) is 0 Å². The van der Waals surface area contributed by atoms with Gasteiger partial charge in [0.25, 0.3) is 0 Å². The fourth-order valence-electron chi connectivity index (χ4n) is 3.15. The molecule has 94 valence electrons. The molecule has 1 aromatic heterocycles. The molecule has 1 aromatic carbocycles. The summed E-state index contributed by atoms with van der Waals surface area (Å²) in [6.45, 7) is 2.23. The fraction of sp³-hybridized carbons (Fsp3) is 0.438. The van der Waals surface area contributed by atoms with Crippen molar-refractivity contribution in [3.05, 3.63) is 42.1 Å². The van der Waals surface area contributed by atoms with Crippen LogP contribution in [0, 0.1) is 5.92 Å². The molecule has 2 aromatic rings. The van der Waals surface area contributed by atoms with Crippen molar-refractivity contribution in [3.8, 4) is 0 Å². The Kier molecular flexibility index (Phi) is 2.83. The van der Waals surface area contributed by atoms with Crippen LogP contribution in [0.25, 0.3) is 10.9 Å². The minimum atomic E-state index is -0.637. The normalized spacial score (nSPS) is 28.4. The second kappa shape index (κ2) is 4.36. The van der Waals surface area contributed by atoms with Gasteiger partial charge >= 0.3 is 0 Å². The van der Waals surface area contributed by atoms with Crippen LogP contribution < -0.4 is 0 Å². The molecule has 2 unspecified atom stereocenters. The molecule has 2 heteroatoms. The molecule has 3 rings (SSSR count). The maximum absolute atomic E-state index is 10.9. The molecule has 0 spiro atoms. The molecule has 1 fully saturated rings. The Bertz CT molecular complexity index is 566. The molecule has 0 aliphatic heterocycles. The average molecular weight is 241 g/mol. The number of benzene rings is 1. The Labute approximate surface area is 108 Å². The Morgan fingerprint density at radius 1 is 1.33 bits per heavy atom. The predicted molar refractivity (Wildman–Crippen MR) is 73.3 cm³/mol. The molecule has 1 aliphatic rings. The van der Waals surface area contributed by atoms with Crippen molar-refractivity contribution in [2.75, 3.05) is 0 Å². The van der Waals surface area contributed by atoms with Crippen molar-refractivity contribution in [2.45, 2.75) is 38.2 Å². The number of hydrogen-bond acceptors (Lipinski definition) is 2. The minimum absolute atomic E-state index is 0.605. The quantitative estimate of drug-likeness (QED) is 0.827. The van der Waals surface area contributed by atoms with Crippen molar-refractivity contribution < 1.29 is 5.11 Å². The van der Waals surface area contributed by atoms with E-state index in [-0.39, 0.29) is 0 Å². The number of pyridine rings is 1. The van der Waals surface area contributed by atoms with Gasteiger partial charge in [-0.1, -0.05) is 25.5 Å². The maximum atomic E-state index is 10.9. The third-order valence-corrected chi connectivity index (χ3v) is 4.11. The summed E-state index contributed by atoms with van der Waals surface area (Å²) < 4.78 is 0. The number of rotatable bonds is 1. The third-order valence-electron chi connectivity index (χ3n) is 4.11. The van der Waals surface area contributed by atoms with E-state index in [0.29, 0.717) is 5.92 Å². The largest absolute Gasteiger partial charge is 0.385 e. The van der Waals surface area contributed by atoms with E-state index in [1.807, 2.05) is 18.2 Å². The summed E-state index contributed by atoms with van der Waals surface area (Å²) in [5.41, 5.74) is 1.41. The molecule has 1 N–H and O–H groups in total. The third kappa shape index (κ3) is 2.01. The van der Waals surface area contributed by atoms with Gasteiger partial charge in [0.1, 0.15) is 0 Å². The molecular weight excluding hydrogens is 222 g/mol. The van der Waals surface area contributed by atoms with Crippen LogP contribution in [-0.4, -0.2) is 10.1 Å². The summed E-state index contributed by atoms with van der Waals surface area (Å²) in [5.74, 6) is 0.605. The first-order chi connectivity index (χ1) is 8.67. The maximum Gasteiger partial charge on any atom is 0.0899 e. The lowest BCUT2D eigenvalue weighted by atomic mass is 9.75. The number of aromatic nitrogens is 1. The first kappa shape index (κ1) is 11.7. The predicted octanol–water partition coefficient (Wildman–Crippen LogP) is 3.63. The fourth-order valence-corrected chi connectivity index (χ4v) is 3.15. The molecule has 0 amide bonds. The summed E-state index contributed by atoms with van der Waals surface area (Å²) in [6, 6.07) is 10.1. The monoisotopic (exact) mass is 241 g/mol. The molecule has 2 atom stereocenters. The average Bonchev–Trinajstić information content (AvgIpc) is 2.38. The van der Waals surface area contributed by atoms with E-state index in [9.17, 15) is 5.11 Å². The Hall–Kier alpha value is -1.41. The van der Waals surface area contributed by atoms with E-state index in [1.54, 1.807) is 6.20 Å². The topological polar surface area (TPSA) is 33.1 Å². The summed E-state index contributed by atoms with van der Waals surface area (Å²) >= 11 is 0. The zero-order chi connectivity index (χ0) is 12.6. The summed E-state index contributed by atoms with van der Waals surface area (Å²) in [6.07, 6.45) is 5.90. The van der Waals surface area contributed by atoms with Gasteiger partial charge in [0.05, 0.1) is 11.1 Å². The van der Waals surface area contributed by atoms with Crippen LogP contribution in [0.3, 0.4) is 0 Å². The summed E-state index contributed by atoms with van der Waals surface area (Å²) in [7, 11) is 0. The standard InChI is InChI=1S/C16H19NO/c1-12-4-2-8-16(18,11-12)14-6-7-15-13(10-14)5-3-9-17-15/h3,5-7,9-10,12,18H,2,4,8,11H2,1H3. The van der Waals surface area contributed by atoms with Crippen molar-refractivity contribution in [1.29, 1.82) is 0 Å². The second-order valence-corrected chi connectivity index (χ2v) is 5.64. The molecular formula is C16H19NO. The molecule has 2 nitrogen and oxygen atoms in total. The second-order valence-electron chi connectivity index (χ2n) is 5.64. The molecule has 1 heterocycles. The van der Waals surface area contributed by atoms with Gasteiger partial charge in [0.15, 0.2) is 0 Å². The van der Waals surface area contributed by atoms with Crippen LogP contribution in [0.2, 0.25) is 0 Å². The highest BCUT2D eigenvalue weighted by Crippen LogP contribution is 2.40. The lowest BCUT2D eigenvalue weighted by molar-refractivity contribution is -0.0177. The zero-order valence-corrected chi connectivity index (χ0v) is 10.8. The van der Waals surface area contributed by atoms with E-state index in [1.165, 1.54) is 6.42 Å². The SMILES string of the molecule is CC1CCCC(O)(c2ccc3ncccc3c2)C1. The van der Waals surface area contributed by atoms with Gasteiger partial charge < -0.3 is 5.11 Å². The molecule has 1 saturated carbocycles. The van der Waals surface area contributed by atoms with Crippen LogP contribution in [0.1, 0.15) is 38.2 Å². The van der Waals surface area contributed by atoms with Crippen molar-refractivity contribution in [3.63, 3.8) is 0 Å². The molecule has 0 bridgehead atoms. The lowest BCUT2D eigenvalue weighted by Gasteiger charge is -2.36. The van der Waals surface area contributed by atoms with E-state index in [4.69, 9.17) is 0 Å². The van der Waals surface area contributed by atoms with Crippen molar-refractivity contribution in [1.82, 2.24) is 4.98 Å². The summed E-state index contributed by atoms with van der Waals surface area (Å²) in [5, 5.41) is 12.0. The van der Waals surface area contributed by atoms with Crippen LogP contribution in [0.5, 0.6) is 0 Å². The van der Waals surface area contributed by atoms with Gasteiger partial charge in [-0.3, -0.25) is 4.98 Å². The van der Waals surface area contributed by atoms with Crippen LogP contribution >= 0.6 is 0 Å². The highest BCUT2D eigenvalue weighted by molar-refractivity contribution is 5.79. The van der Waals surface area contributed by atoms with Gasteiger partial charge in [-0.05, 0) is 48.9 Å². The minimum Gasteiger partial charge on any atom is -0.385 e. The van der Waals surface area contributed by atoms with E-state index < -0.39 is 5.60 Å². The molecule has 18 heavy (non-hydrogen) atoms. The Balaban J connectivity index is 2.02. The van der Waals surface area contributed by atoms with Crippen LogP contribution in [0.15, 0.2) is 36.5 Å². The lowest BCUT2D eigenvalue weighted by Crippen LogP contribution is -2.31.